The zero-order chi connectivity index (χ0) is 13.2. The van der Waals surface area contributed by atoms with Gasteiger partial charge in [-0.25, -0.2) is 15.0 Å². The summed E-state index contributed by atoms with van der Waals surface area (Å²) in [7, 11) is 0. The molecule has 0 saturated carbocycles. The van der Waals surface area contributed by atoms with Gasteiger partial charge in [0.15, 0.2) is 0 Å². The van der Waals surface area contributed by atoms with Gasteiger partial charge in [-0.3, -0.25) is 4.57 Å². The van der Waals surface area contributed by atoms with E-state index in [4.69, 9.17) is 1.37 Å². The van der Waals surface area contributed by atoms with Crippen LogP contribution in [0.5, 0.6) is 0 Å². The molecule has 0 fully saturated rings. The first kappa shape index (κ1) is 9.53. The topological polar surface area (TPSA) is 43.6 Å². The number of imidazole rings is 1. The smallest absolute Gasteiger partial charge is 0.144 e. The molecular formula is C14H12N4. The Bertz CT molecular complexity index is 706. The minimum absolute atomic E-state index is 0.197. The third-order valence-corrected chi connectivity index (χ3v) is 2.64. The van der Waals surface area contributed by atoms with Crippen molar-refractivity contribution in [3.05, 3.63) is 60.9 Å². The van der Waals surface area contributed by atoms with Gasteiger partial charge in [-0.05, 0) is 6.92 Å². The van der Waals surface area contributed by atoms with Crippen molar-refractivity contribution in [1.82, 2.24) is 19.5 Å². The molecule has 0 aliphatic rings. The summed E-state index contributed by atoms with van der Waals surface area (Å²) in [5.74, 6) is 1.37. The summed E-state index contributed by atoms with van der Waals surface area (Å²) < 4.78 is 9.78. The second-order valence-corrected chi connectivity index (χ2v) is 3.90. The lowest BCUT2D eigenvalue weighted by molar-refractivity contribution is 0.978. The third-order valence-electron chi connectivity index (χ3n) is 2.64. The number of benzene rings is 1. The maximum Gasteiger partial charge on any atom is 0.144 e. The molecule has 2 aromatic heterocycles. The zero-order valence-corrected chi connectivity index (χ0v) is 9.91. The Morgan fingerprint density at radius 1 is 1.11 bits per heavy atom. The average molecular weight is 237 g/mol. The highest BCUT2D eigenvalue weighted by atomic mass is 15.1. The van der Waals surface area contributed by atoms with Crippen LogP contribution in [-0.4, -0.2) is 19.5 Å². The van der Waals surface area contributed by atoms with E-state index in [0.29, 0.717) is 11.5 Å². The van der Waals surface area contributed by atoms with E-state index in [1.165, 1.54) is 0 Å². The summed E-state index contributed by atoms with van der Waals surface area (Å²) >= 11 is 0. The molecule has 0 aliphatic carbocycles. The Labute approximate surface area is 106 Å². The maximum atomic E-state index is 7.95. The van der Waals surface area contributed by atoms with Gasteiger partial charge in [0.1, 0.15) is 11.6 Å². The molecule has 0 atom stereocenters. The van der Waals surface area contributed by atoms with Crippen molar-refractivity contribution in [2.24, 2.45) is 0 Å². The average Bonchev–Trinajstić information content (AvgIpc) is 2.89. The van der Waals surface area contributed by atoms with Gasteiger partial charge in [0, 0.05) is 18.0 Å². The maximum absolute atomic E-state index is 7.95. The van der Waals surface area contributed by atoms with Crippen LogP contribution in [0, 0.1) is 6.92 Å². The molecule has 3 aromatic rings. The van der Waals surface area contributed by atoms with Crippen molar-refractivity contribution in [3.63, 3.8) is 0 Å². The van der Waals surface area contributed by atoms with Gasteiger partial charge in [0.2, 0.25) is 0 Å². The van der Waals surface area contributed by atoms with Crippen LogP contribution in [0.1, 0.15) is 7.20 Å². The summed E-state index contributed by atoms with van der Waals surface area (Å²) in [6.45, 7) is 1.77. The van der Waals surface area contributed by atoms with Crippen LogP contribution in [0.25, 0.3) is 17.1 Å². The van der Waals surface area contributed by atoms with Gasteiger partial charge in [-0.2, -0.15) is 0 Å². The van der Waals surface area contributed by atoms with Crippen LogP contribution in [0.4, 0.5) is 0 Å². The largest absolute Gasteiger partial charge is 0.297 e. The Morgan fingerprint density at radius 3 is 2.72 bits per heavy atom. The molecule has 1 aromatic carbocycles. The molecule has 4 nitrogen and oxygen atoms in total. The molecule has 0 bridgehead atoms. The van der Waals surface area contributed by atoms with Crippen LogP contribution >= 0.6 is 0 Å². The van der Waals surface area contributed by atoms with Crippen molar-refractivity contribution in [2.75, 3.05) is 0 Å². The Kier molecular flexibility index (Phi) is 2.33. The molecule has 3 rings (SSSR count). The fourth-order valence-corrected chi connectivity index (χ4v) is 1.77. The van der Waals surface area contributed by atoms with E-state index in [1.54, 1.807) is 19.3 Å². The Morgan fingerprint density at radius 2 is 1.94 bits per heavy atom. The van der Waals surface area contributed by atoms with Gasteiger partial charge in [-0.1, -0.05) is 30.3 Å². The van der Waals surface area contributed by atoms with E-state index in [-0.39, 0.29) is 6.17 Å². The second kappa shape index (κ2) is 4.41. The molecule has 0 unspecified atom stereocenters. The van der Waals surface area contributed by atoms with Crippen LogP contribution in [0.15, 0.2) is 55.1 Å². The van der Waals surface area contributed by atoms with E-state index in [9.17, 15) is 0 Å². The molecule has 0 N–H and O–H groups in total. The van der Waals surface area contributed by atoms with Gasteiger partial charge >= 0.3 is 0 Å². The predicted molar refractivity (Wildman–Crippen MR) is 69.3 cm³/mol. The molecular weight excluding hydrogens is 224 g/mol. The standard InChI is InChI=1S/C14H12N4/c1-11-16-9-13(10-17-11)18-8-7-15-14(18)12-5-3-2-4-6-12/h2-10H,1H3/i9D. The molecule has 0 spiro atoms. The van der Waals surface area contributed by atoms with Gasteiger partial charge in [-0.15, -0.1) is 0 Å². The zero-order valence-electron chi connectivity index (χ0n) is 10.9. The van der Waals surface area contributed by atoms with Gasteiger partial charge in [0.25, 0.3) is 0 Å². The fourth-order valence-electron chi connectivity index (χ4n) is 1.77. The minimum atomic E-state index is 0.197. The predicted octanol–water partition coefficient (Wildman–Crippen LogP) is 2.64. The SMILES string of the molecule is [2H]c1nc(C)ncc1-n1ccnc1-c1ccccc1. The summed E-state index contributed by atoms with van der Waals surface area (Å²) in [6, 6.07) is 9.85. The van der Waals surface area contributed by atoms with Gasteiger partial charge < -0.3 is 0 Å². The molecule has 4 heteroatoms. The van der Waals surface area contributed by atoms with E-state index in [1.807, 2.05) is 41.1 Å². The number of hydrogen-bond acceptors (Lipinski definition) is 3. The van der Waals surface area contributed by atoms with E-state index >= 15 is 0 Å². The molecule has 0 amide bonds. The molecule has 18 heavy (non-hydrogen) atoms. The third kappa shape index (κ3) is 1.88. The lowest BCUT2D eigenvalue weighted by Crippen LogP contribution is -1.98. The quantitative estimate of drug-likeness (QED) is 0.688. The highest BCUT2D eigenvalue weighted by Crippen LogP contribution is 2.20. The second-order valence-electron chi connectivity index (χ2n) is 3.90. The summed E-state index contributed by atoms with van der Waals surface area (Å²) in [4.78, 5) is 12.6. The van der Waals surface area contributed by atoms with Crippen LogP contribution in [0.3, 0.4) is 0 Å². The van der Waals surface area contributed by atoms with Crippen molar-refractivity contribution in [3.8, 4) is 17.1 Å². The van der Waals surface area contributed by atoms with Crippen LogP contribution in [-0.2, 0) is 0 Å². The lowest BCUT2D eigenvalue weighted by atomic mass is 10.2. The lowest BCUT2D eigenvalue weighted by Gasteiger charge is -2.07. The first-order valence-corrected chi connectivity index (χ1v) is 5.65. The van der Waals surface area contributed by atoms with Crippen molar-refractivity contribution in [2.45, 2.75) is 6.92 Å². The summed E-state index contributed by atoms with van der Waals surface area (Å²) in [6.07, 6.45) is 5.37. The van der Waals surface area contributed by atoms with Crippen LogP contribution < -0.4 is 0 Å². The molecule has 2 heterocycles. The highest BCUT2D eigenvalue weighted by molar-refractivity contribution is 5.57. The summed E-state index contributed by atoms with van der Waals surface area (Å²) in [5, 5.41) is 0. The van der Waals surface area contributed by atoms with E-state index in [0.717, 1.165) is 11.4 Å². The van der Waals surface area contributed by atoms with Gasteiger partial charge in [0.05, 0.1) is 19.4 Å². The number of aromatic nitrogens is 4. The number of nitrogens with zero attached hydrogens (tertiary/aromatic N) is 4. The molecule has 0 saturated heterocycles. The van der Waals surface area contributed by atoms with E-state index < -0.39 is 0 Å². The fraction of sp³-hybridized carbons (Fsp3) is 0.0714. The van der Waals surface area contributed by atoms with Crippen molar-refractivity contribution < 1.29 is 1.37 Å². The highest BCUT2D eigenvalue weighted by Gasteiger charge is 2.07. The first-order chi connectivity index (χ1) is 9.25. The first-order valence-electron chi connectivity index (χ1n) is 6.15. The number of aryl methyl sites for hydroxylation is 1. The number of rotatable bonds is 2. The van der Waals surface area contributed by atoms with Crippen molar-refractivity contribution >= 4 is 0 Å². The normalized spacial score (nSPS) is 11.3. The molecule has 88 valence electrons. The van der Waals surface area contributed by atoms with Crippen LogP contribution in [0.2, 0.25) is 0 Å². The Balaban J connectivity index is 2.15. The monoisotopic (exact) mass is 237 g/mol. The minimum Gasteiger partial charge on any atom is -0.297 e. The Hall–Kier alpha value is -2.49. The van der Waals surface area contributed by atoms with E-state index in [2.05, 4.69) is 15.0 Å². The molecule has 0 aliphatic heterocycles. The number of hydrogen-bond donors (Lipinski definition) is 0. The summed E-state index contributed by atoms with van der Waals surface area (Å²) in [5.41, 5.74) is 1.62. The van der Waals surface area contributed by atoms with Crippen molar-refractivity contribution in [1.29, 1.82) is 0 Å². The molecule has 0 radical (unpaired) electrons.